The van der Waals surface area contributed by atoms with Gasteiger partial charge in [-0.15, -0.1) is 10.2 Å². The molecule has 38 heavy (non-hydrogen) atoms. The van der Waals surface area contributed by atoms with Gasteiger partial charge in [-0.25, -0.2) is 9.36 Å². The fourth-order valence-electron chi connectivity index (χ4n) is 4.46. The predicted molar refractivity (Wildman–Crippen MR) is 137 cm³/mol. The largest absolute Gasteiger partial charge is 0.433 e. The molecule has 0 fully saturated rings. The second kappa shape index (κ2) is 11.2. The summed E-state index contributed by atoms with van der Waals surface area (Å²) in [5.41, 5.74) is 0.814. The third kappa shape index (κ3) is 5.61. The molecule has 2 aromatic carbocycles. The summed E-state index contributed by atoms with van der Waals surface area (Å²) >= 11 is 0. The van der Waals surface area contributed by atoms with Crippen LogP contribution in [0.4, 0.5) is 13.2 Å². The number of carbonyl (C=O) groups is 1. The topological polar surface area (TPSA) is 98.5 Å². The quantitative estimate of drug-likeness (QED) is 0.306. The van der Waals surface area contributed by atoms with Crippen LogP contribution in [-0.2, 0) is 19.1 Å². The van der Waals surface area contributed by atoms with Crippen LogP contribution in [0.3, 0.4) is 0 Å². The average Bonchev–Trinajstić information content (AvgIpc) is 3.50. The molecule has 0 unspecified atom stereocenters. The lowest BCUT2D eigenvalue weighted by molar-refractivity contribution is -0.143. The van der Waals surface area contributed by atoms with Crippen molar-refractivity contribution in [1.29, 1.82) is 0 Å². The molecule has 0 amide bonds. The molecule has 11 heteroatoms. The van der Waals surface area contributed by atoms with E-state index in [1.165, 1.54) is 0 Å². The summed E-state index contributed by atoms with van der Waals surface area (Å²) < 4.78 is 44.1. The Balaban J connectivity index is 1.75. The molecule has 0 bridgehead atoms. The Labute approximate surface area is 217 Å². The van der Waals surface area contributed by atoms with Gasteiger partial charge in [0.05, 0.1) is 12.2 Å². The highest BCUT2D eigenvalue weighted by molar-refractivity contribution is 5.81. The van der Waals surface area contributed by atoms with E-state index < -0.39 is 23.5 Å². The van der Waals surface area contributed by atoms with Crippen LogP contribution >= 0.6 is 0 Å². The predicted octanol–water partition coefficient (Wildman–Crippen LogP) is 5.59. The zero-order valence-corrected chi connectivity index (χ0v) is 21.4. The van der Waals surface area contributed by atoms with Crippen LogP contribution in [0.1, 0.15) is 61.8 Å². The first kappa shape index (κ1) is 27.0. The number of hydrogen-bond donors (Lipinski definition) is 1. The van der Waals surface area contributed by atoms with Crippen LogP contribution in [0.5, 0.6) is 0 Å². The number of rotatable bonds is 9. The summed E-state index contributed by atoms with van der Waals surface area (Å²) in [5, 5.41) is 14.1. The van der Waals surface area contributed by atoms with Gasteiger partial charge in [0.1, 0.15) is 0 Å². The smallest absolute Gasteiger partial charge is 0.291 e. The number of nitrogens with zero attached hydrogens (tertiary/aromatic N) is 5. The van der Waals surface area contributed by atoms with E-state index in [1.807, 2.05) is 50.2 Å². The zero-order chi connectivity index (χ0) is 27.4. The molecule has 2 heterocycles. The maximum Gasteiger partial charge on any atom is 0.433 e. The molecule has 4 aromatic rings. The molecule has 0 saturated carbocycles. The number of aromatic amines is 1. The third-order valence-electron chi connectivity index (χ3n) is 6.30. The number of hydrogen-bond acceptors (Lipinski definition) is 5. The number of carbonyl (C=O) groups excluding carboxylic acids is 1. The number of halogens is 3. The summed E-state index contributed by atoms with van der Waals surface area (Å²) in [5.74, 6) is -0.292. The van der Waals surface area contributed by atoms with Gasteiger partial charge < -0.3 is 0 Å². The van der Waals surface area contributed by atoms with E-state index in [4.69, 9.17) is 0 Å². The summed E-state index contributed by atoms with van der Waals surface area (Å²) in [7, 11) is 0. The van der Waals surface area contributed by atoms with Gasteiger partial charge in [-0.2, -0.15) is 18.4 Å². The van der Waals surface area contributed by atoms with Gasteiger partial charge in [-0.3, -0.25) is 9.36 Å². The summed E-state index contributed by atoms with van der Waals surface area (Å²) in [4.78, 5) is 25.9. The highest BCUT2D eigenvalue weighted by atomic mass is 19.4. The number of nitrogens with one attached hydrogen (secondary N) is 1. The Bertz CT molecular complexity index is 1450. The lowest BCUT2D eigenvalue weighted by Crippen LogP contribution is -2.32. The average molecular weight is 527 g/mol. The van der Waals surface area contributed by atoms with E-state index in [1.54, 1.807) is 19.1 Å². The van der Waals surface area contributed by atoms with Gasteiger partial charge in [-0.05, 0) is 47.1 Å². The highest BCUT2D eigenvalue weighted by Crippen LogP contribution is 2.34. The first-order valence-electron chi connectivity index (χ1n) is 12.5. The van der Waals surface area contributed by atoms with Crippen LogP contribution in [0.25, 0.3) is 22.5 Å². The molecule has 0 aliphatic rings. The van der Waals surface area contributed by atoms with E-state index in [-0.39, 0.29) is 31.0 Å². The lowest BCUT2D eigenvalue weighted by Gasteiger charge is -2.14. The fourth-order valence-corrected chi connectivity index (χ4v) is 4.46. The molecule has 0 spiro atoms. The Hall–Kier alpha value is -4.02. The van der Waals surface area contributed by atoms with Gasteiger partial charge >= 0.3 is 11.9 Å². The molecule has 0 saturated heterocycles. The van der Waals surface area contributed by atoms with Crippen molar-refractivity contribution in [3.8, 4) is 22.5 Å². The monoisotopic (exact) mass is 526 g/mol. The van der Waals surface area contributed by atoms with Crippen LogP contribution in [0, 0.1) is 5.92 Å². The Kier molecular flexibility index (Phi) is 7.94. The Morgan fingerprint density at radius 3 is 2.32 bits per heavy atom. The standard InChI is InChI=1S/C27H29F3N6O2/c1-4-7-23(37)36-24(27(28,29)30)22(15-10-17(2)3)35(26(36)38)16-18-11-13-19(14-12-18)20-8-5-6-9-21(20)25-31-33-34-32-25/h5-6,8-9,11-14,17H,4,7,10,15-16H2,1-3H3,(H,31,32,33,34). The van der Waals surface area contributed by atoms with Gasteiger partial charge in [0.15, 0.2) is 5.69 Å². The van der Waals surface area contributed by atoms with E-state index in [2.05, 4.69) is 20.6 Å². The maximum atomic E-state index is 14.2. The SMILES string of the molecule is CCCC(=O)n1c(C(F)(F)F)c(CCC(C)C)n(Cc2ccc(-c3ccccc3-c3nn[nH]n3)cc2)c1=O. The summed E-state index contributed by atoms with van der Waals surface area (Å²) in [6.07, 6.45) is -4.18. The molecule has 200 valence electrons. The maximum absolute atomic E-state index is 14.2. The lowest BCUT2D eigenvalue weighted by atomic mass is 9.98. The van der Waals surface area contributed by atoms with Crippen molar-refractivity contribution in [2.75, 3.05) is 0 Å². The molecule has 2 aromatic heterocycles. The highest BCUT2D eigenvalue weighted by Gasteiger charge is 2.42. The minimum absolute atomic E-state index is 0.0321. The molecule has 1 N–H and O–H groups in total. The molecule has 0 atom stereocenters. The number of alkyl halides is 3. The number of aromatic nitrogens is 6. The summed E-state index contributed by atoms with van der Waals surface area (Å²) in [6.45, 7) is 5.40. The first-order chi connectivity index (χ1) is 18.1. The van der Waals surface area contributed by atoms with Gasteiger partial charge in [-0.1, -0.05) is 69.3 Å². The van der Waals surface area contributed by atoms with Crippen molar-refractivity contribution in [3.05, 3.63) is 76.0 Å². The van der Waals surface area contributed by atoms with Crippen molar-refractivity contribution in [3.63, 3.8) is 0 Å². The van der Waals surface area contributed by atoms with Crippen molar-refractivity contribution in [1.82, 2.24) is 29.8 Å². The van der Waals surface area contributed by atoms with Crippen molar-refractivity contribution < 1.29 is 18.0 Å². The molecular weight excluding hydrogens is 497 g/mol. The third-order valence-corrected chi connectivity index (χ3v) is 6.30. The minimum atomic E-state index is -4.84. The molecule has 0 radical (unpaired) electrons. The van der Waals surface area contributed by atoms with Crippen molar-refractivity contribution in [2.45, 2.75) is 59.2 Å². The molecular formula is C27H29F3N6O2. The second-order valence-electron chi connectivity index (χ2n) is 9.55. The van der Waals surface area contributed by atoms with Crippen LogP contribution < -0.4 is 5.69 Å². The molecule has 8 nitrogen and oxygen atoms in total. The van der Waals surface area contributed by atoms with Crippen LogP contribution in [0.2, 0.25) is 0 Å². The van der Waals surface area contributed by atoms with Crippen molar-refractivity contribution >= 4 is 5.91 Å². The number of imidazole rings is 1. The van der Waals surface area contributed by atoms with E-state index >= 15 is 0 Å². The van der Waals surface area contributed by atoms with Crippen molar-refractivity contribution in [2.24, 2.45) is 5.92 Å². The minimum Gasteiger partial charge on any atom is -0.291 e. The zero-order valence-electron chi connectivity index (χ0n) is 21.4. The Morgan fingerprint density at radius 1 is 1.05 bits per heavy atom. The molecule has 0 aliphatic carbocycles. The number of benzene rings is 2. The van der Waals surface area contributed by atoms with E-state index in [0.29, 0.717) is 28.8 Å². The summed E-state index contributed by atoms with van der Waals surface area (Å²) in [6, 6.07) is 14.7. The van der Waals surface area contributed by atoms with Gasteiger partial charge in [0, 0.05) is 12.0 Å². The van der Waals surface area contributed by atoms with Gasteiger partial charge in [0.25, 0.3) is 0 Å². The van der Waals surface area contributed by atoms with Crippen LogP contribution in [-0.4, -0.2) is 35.7 Å². The van der Waals surface area contributed by atoms with E-state index in [0.717, 1.165) is 21.3 Å². The number of tetrazole rings is 1. The normalized spacial score (nSPS) is 11.9. The van der Waals surface area contributed by atoms with Gasteiger partial charge in [0.2, 0.25) is 11.7 Å². The molecule has 4 rings (SSSR count). The second-order valence-corrected chi connectivity index (χ2v) is 9.55. The number of H-pyrrole nitrogens is 1. The van der Waals surface area contributed by atoms with E-state index in [9.17, 15) is 22.8 Å². The fraction of sp³-hybridized carbons (Fsp3) is 0.370. The Morgan fingerprint density at radius 2 is 1.74 bits per heavy atom. The molecule has 0 aliphatic heterocycles. The van der Waals surface area contributed by atoms with Crippen LogP contribution in [0.15, 0.2) is 53.3 Å². The first-order valence-corrected chi connectivity index (χ1v) is 12.5.